The van der Waals surface area contributed by atoms with E-state index in [4.69, 9.17) is 0 Å². The lowest BCUT2D eigenvalue weighted by Gasteiger charge is -2.25. The van der Waals surface area contributed by atoms with Crippen molar-refractivity contribution in [2.45, 2.75) is 26.4 Å². The van der Waals surface area contributed by atoms with Crippen molar-refractivity contribution < 1.29 is 31.5 Å². The minimum absolute atomic E-state index is 0.340. The average molecular weight is 311 g/mol. The second kappa shape index (κ2) is 6.84. The third-order valence-corrected chi connectivity index (χ3v) is 2.95. The summed E-state index contributed by atoms with van der Waals surface area (Å²) in [6, 6.07) is -0.376. The molecule has 0 atom stereocenters. The van der Waals surface area contributed by atoms with Crippen LogP contribution in [0.15, 0.2) is 0 Å². The molecule has 21 heavy (non-hydrogen) atoms. The van der Waals surface area contributed by atoms with E-state index in [0.717, 1.165) is 7.11 Å². The highest BCUT2D eigenvalue weighted by atomic mass is 19.2. The number of carbonyl (C=O) groups is 1. The molecule has 0 N–H and O–H groups in total. The molecule has 3 nitrogen and oxygen atoms in total. The maximum Gasteiger partial charge on any atom is 0.319 e. The Hall–Kier alpha value is -1.70. The summed E-state index contributed by atoms with van der Waals surface area (Å²) in [5.74, 6) is -10.7. The second-order valence-corrected chi connectivity index (χ2v) is 4.62. The lowest BCUT2D eigenvalue weighted by Crippen LogP contribution is -2.36. The number of benzene rings is 1. The third kappa shape index (κ3) is 3.69. The molecule has 0 heterocycles. The summed E-state index contributed by atoms with van der Waals surface area (Å²) >= 11 is 0. The van der Waals surface area contributed by atoms with Gasteiger partial charge in [-0.15, -0.1) is 0 Å². The Morgan fingerprint density at radius 3 is 1.81 bits per heavy atom. The van der Waals surface area contributed by atoms with Gasteiger partial charge in [-0.3, -0.25) is 9.69 Å². The van der Waals surface area contributed by atoms with Crippen molar-refractivity contribution in [3.8, 4) is 0 Å². The van der Waals surface area contributed by atoms with Gasteiger partial charge in [-0.2, -0.15) is 0 Å². The molecule has 0 bridgehead atoms. The van der Waals surface area contributed by atoms with E-state index in [2.05, 4.69) is 4.74 Å². The van der Waals surface area contributed by atoms with Gasteiger partial charge in [-0.05, 0) is 13.8 Å². The average Bonchev–Trinajstić information content (AvgIpc) is 2.45. The highest BCUT2D eigenvalue weighted by molar-refractivity contribution is 5.71. The van der Waals surface area contributed by atoms with Gasteiger partial charge in [0.05, 0.1) is 13.7 Å². The molecule has 0 amide bonds. The highest BCUT2D eigenvalue weighted by Gasteiger charge is 2.27. The van der Waals surface area contributed by atoms with Crippen molar-refractivity contribution >= 4 is 5.97 Å². The van der Waals surface area contributed by atoms with Crippen LogP contribution >= 0.6 is 0 Å². The molecule has 1 aromatic carbocycles. The lowest BCUT2D eigenvalue weighted by molar-refractivity contribution is -0.142. The van der Waals surface area contributed by atoms with Gasteiger partial charge in [0, 0.05) is 18.2 Å². The minimum Gasteiger partial charge on any atom is -0.468 e. The number of methoxy groups -OCH3 is 1. The number of rotatable bonds is 5. The largest absolute Gasteiger partial charge is 0.468 e. The first-order valence-electron chi connectivity index (χ1n) is 6.01. The third-order valence-electron chi connectivity index (χ3n) is 2.95. The van der Waals surface area contributed by atoms with Crippen LogP contribution in [-0.4, -0.2) is 30.6 Å². The number of esters is 1. The molecule has 118 valence electrons. The summed E-state index contributed by atoms with van der Waals surface area (Å²) < 4.78 is 70.7. The number of halogens is 5. The van der Waals surface area contributed by atoms with Gasteiger partial charge in [-0.1, -0.05) is 0 Å². The summed E-state index contributed by atoms with van der Waals surface area (Å²) in [5.41, 5.74) is -0.982. The number of hydrogen-bond acceptors (Lipinski definition) is 3. The van der Waals surface area contributed by atoms with Gasteiger partial charge in [-0.25, -0.2) is 22.0 Å². The zero-order valence-electron chi connectivity index (χ0n) is 11.6. The quantitative estimate of drug-likeness (QED) is 0.362. The van der Waals surface area contributed by atoms with Crippen LogP contribution in [0.25, 0.3) is 0 Å². The van der Waals surface area contributed by atoms with Crippen LogP contribution in [0.1, 0.15) is 19.4 Å². The fourth-order valence-electron chi connectivity index (χ4n) is 1.64. The van der Waals surface area contributed by atoms with Gasteiger partial charge >= 0.3 is 5.97 Å². The molecule has 0 radical (unpaired) electrons. The normalized spacial score (nSPS) is 11.3. The number of ether oxygens (including phenoxy) is 1. The minimum atomic E-state index is -2.21. The van der Waals surface area contributed by atoms with Gasteiger partial charge in [0.2, 0.25) is 5.82 Å². The van der Waals surface area contributed by atoms with Crippen LogP contribution in [0.3, 0.4) is 0 Å². The van der Waals surface area contributed by atoms with Crippen LogP contribution in [0.2, 0.25) is 0 Å². The topological polar surface area (TPSA) is 29.5 Å². The second-order valence-electron chi connectivity index (χ2n) is 4.62. The number of nitrogens with zero attached hydrogens (tertiary/aromatic N) is 1. The van der Waals surface area contributed by atoms with Crippen molar-refractivity contribution in [3.05, 3.63) is 34.6 Å². The van der Waals surface area contributed by atoms with Crippen molar-refractivity contribution in [2.75, 3.05) is 13.7 Å². The van der Waals surface area contributed by atoms with Crippen molar-refractivity contribution in [1.82, 2.24) is 4.90 Å². The van der Waals surface area contributed by atoms with E-state index in [-0.39, 0.29) is 12.6 Å². The molecule has 0 aromatic heterocycles. The van der Waals surface area contributed by atoms with Crippen LogP contribution < -0.4 is 0 Å². The molecule has 0 fully saturated rings. The smallest absolute Gasteiger partial charge is 0.319 e. The van der Waals surface area contributed by atoms with E-state index in [1.54, 1.807) is 13.8 Å². The molecule has 0 saturated carbocycles. The summed E-state index contributed by atoms with van der Waals surface area (Å²) in [7, 11) is 1.12. The Balaban J connectivity index is 3.18. The standard InChI is InChI=1S/C13H14F5NO2/c1-6(2)19(5-8(20)21-3)4-7-9(14)11(16)13(18)12(17)10(7)15/h6H,4-5H2,1-3H3. The van der Waals surface area contributed by atoms with E-state index >= 15 is 0 Å². The Kier molecular flexibility index (Phi) is 5.65. The first kappa shape index (κ1) is 17.4. The molecule has 0 aliphatic rings. The SMILES string of the molecule is COC(=O)CN(Cc1c(F)c(F)c(F)c(F)c1F)C(C)C. The molecule has 0 saturated heterocycles. The van der Waals surface area contributed by atoms with E-state index in [0.29, 0.717) is 0 Å². The molecule has 1 aromatic rings. The lowest BCUT2D eigenvalue weighted by atomic mass is 10.1. The monoisotopic (exact) mass is 311 g/mol. The summed E-state index contributed by atoms with van der Waals surface area (Å²) in [4.78, 5) is 12.4. The van der Waals surface area contributed by atoms with Crippen LogP contribution in [-0.2, 0) is 16.1 Å². The Bertz CT molecular complexity index is 519. The molecular weight excluding hydrogens is 297 g/mol. The molecule has 1 rings (SSSR count). The maximum atomic E-state index is 13.6. The Morgan fingerprint density at radius 1 is 1.00 bits per heavy atom. The Labute approximate surface area is 118 Å². The first-order valence-corrected chi connectivity index (χ1v) is 6.01. The zero-order chi connectivity index (χ0) is 16.3. The molecule has 0 aliphatic heterocycles. The predicted octanol–water partition coefficient (Wildman–Crippen LogP) is 2.77. The van der Waals surface area contributed by atoms with Crippen LogP contribution in [0.4, 0.5) is 22.0 Å². The molecular formula is C13H14F5NO2. The van der Waals surface area contributed by atoms with E-state index < -0.39 is 47.2 Å². The van der Waals surface area contributed by atoms with Gasteiger partial charge in [0.25, 0.3) is 0 Å². The molecule has 0 aliphatic carbocycles. The van der Waals surface area contributed by atoms with Crippen molar-refractivity contribution in [3.63, 3.8) is 0 Å². The Morgan fingerprint density at radius 2 is 1.43 bits per heavy atom. The molecule has 8 heteroatoms. The number of hydrogen-bond donors (Lipinski definition) is 0. The van der Waals surface area contributed by atoms with Gasteiger partial charge < -0.3 is 4.74 Å². The van der Waals surface area contributed by atoms with Gasteiger partial charge in [0.15, 0.2) is 23.3 Å². The van der Waals surface area contributed by atoms with Gasteiger partial charge in [0.1, 0.15) is 0 Å². The highest BCUT2D eigenvalue weighted by Crippen LogP contribution is 2.24. The molecule has 0 spiro atoms. The maximum absolute atomic E-state index is 13.6. The van der Waals surface area contributed by atoms with Crippen molar-refractivity contribution in [1.29, 1.82) is 0 Å². The van der Waals surface area contributed by atoms with Crippen LogP contribution in [0, 0.1) is 29.1 Å². The van der Waals surface area contributed by atoms with E-state index in [9.17, 15) is 26.7 Å². The molecule has 0 unspecified atom stereocenters. The first-order chi connectivity index (χ1) is 9.70. The zero-order valence-corrected chi connectivity index (χ0v) is 11.6. The summed E-state index contributed by atoms with van der Waals surface area (Å²) in [6.07, 6.45) is 0. The fourth-order valence-corrected chi connectivity index (χ4v) is 1.64. The fraction of sp³-hybridized carbons (Fsp3) is 0.462. The van der Waals surface area contributed by atoms with E-state index in [1.807, 2.05) is 0 Å². The van der Waals surface area contributed by atoms with Crippen LogP contribution in [0.5, 0.6) is 0 Å². The van der Waals surface area contributed by atoms with E-state index in [1.165, 1.54) is 4.90 Å². The number of carbonyl (C=O) groups excluding carboxylic acids is 1. The van der Waals surface area contributed by atoms with Crippen molar-refractivity contribution in [2.24, 2.45) is 0 Å². The summed E-state index contributed by atoms with van der Waals surface area (Å²) in [5, 5.41) is 0. The predicted molar refractivity (Wildman–Crippen MR) is 63.8 cm³/mol. The summed E-state index contributed by atoms with van der Waals surface area (Å²) in [6.45, 7) is 2.26.